The van der Waals surface area contributed by atoms with Crippen LogP contribution in [-0.2, 0) is 20.8 Å². The number of benzene rings is 1. The monoisotopic (exact) mass is 306 g/mol. The van der Waals surface area contributed by atoms with E-state index in [-0.39, 0.29) is 5.56 Å². The molecule has 0 fully saturated rings. The molecule has 0 amide bonds. The number of alkyl halides is 3. The van der Waals surface area contributed by atoms with Crippen LogP contribution < -0.4 is 0 Å². The zero-order valence-electron chi connectivity index (χ0n) is 10.1. The van der Waals surface area contributed by atoms with Crippen molar-refractivity contribution in [3.05, 3.63) is 34.2 Å². The molecule has 0 spiro atoms. The van der Waals surface area contributed by atoms with Gasteiger partial charge in [0, 0.05) is 0 Å². The second-order valence-corrected chi connectivity index (χ2v) is 6.28. The molecule has 0 saturated carbocycles. The zero-order chi connectivity index (χ0) is 15.3. The Morgan fingerprint density at radius 1 is 1.30 bits per heavy atom. The van der Waals surface area contributed by atoms with Gasteiger partial charge in [-0.2, -0.15) is 13.2 Å². The van der Waals surface area contributed by atoms with Crippen LogP contribution in [0.1, 0.15) is 18.1 Å². The first kappa shape index (κ1) is 14.6. The molecule has 1 N–H and O–H groups in total. The average Bonchev–Trinajstić information content (AvgIpc) is 2.58. The van der Waals surface area contributed by atoms with Gasteiger partial charge in [-0.3, -0.25) is 4.79 Å². The molecular formula is C12H9F3O4S. The number of carboxylic acid groups (broad SMARTS) is 1. The molecule has 0 aliphatic carbocycles. The number of sulfone groups is 1. The van der Waals surface area contributed by atoms with E-state index in [1.807, 2.05) is 0 Å². The van der Waals surface area contributed by atoms with E-state index in [0.29, 0.717) is 6.07 Å². The second kappa shape index (κ2) is 4.34. The van der Waals surface area contributed by atoms with Crippen LogP contribution in [0.15, 0.2) is 28.0 Å². The molecule has 1 aliphatic rings. The molecular weight excluding hydrogens is 297 g/mol. The summed E-state index contributed by atoms with van der Waals surface area (Å²) in [6, 6.07) is 2.32. The van der Waals surface area contributed by atoms with Gasteiger partial charge in [-0.25, -0.2) is 8.42 Å². The van der Waals surface area contributed by atoms with Crippen LogP contribution in [0.3, 0.4) is 0 Å². The normalized spacial score (nSPS) is 18.3. The van der Waals surface area contributed by atoms with Crippen LogP contribution in [-0.4, -0.2) is 19.5 Å². The van der Waals surface area contributed by atoms with Gasteiger partial charge in [0.05, 0.1) is 21.3 Å². The Bertz CT molecular complexity index is 717. The summed E-state index contributed by atoms with van der Waals surface area (Å²) in [5.41, 5.74) is -1.02. The Labute approximate surface area is 112 Å². The van der Waals surface area contributed by atoms with Crippen molar-refractivity contribution in [1.82, 2.24) is 0 Å². The van der Waals surface area contributed by atoms with E-state index in [2.05, 4.69) is 0 Å². The topological polar surface area (TPSA) is 71.4 Å². The lowest BCUT2D eigenvalue weighted by molar-refractivity contribution is -0.140. The van der Waals surface area contributed by atoms with Crippen molar-refractivity contribution in [1.29, 1.82) is 0 Å². The molecule has 8 heteroatoms. The minimum Gasteiger partial charge on any atom is -0.481 e. The van der Waals surface area contributed by atoms with Gasteiger partial charge in [0.25, 0.3) is 0 Å². The number of halogens is 3. The first-order valence-corrected chi connectivity index (χ1v) is 6.94. The number of carbonyl (C=O) groups is 1. The lowest BCUT2D eigenvalue weighted by Crippen LogP contribution is -2.17. The Morgan fingerprint density at radius 2 is 1.90 bits per heavy atom. The molecule has 1 unspecified atom stereocenters. The third-order valence-corrected chi connectivity index (χ3v) is 5.06. The van der Waals surface area contributed by atoms with Crippen LogP contribution in [0.2, 0.25) is 0 Å². The molecule has 0 saturated heterocycles. The summed E-state index contributed by atoms with van der Waals surface area (Å²) < 4.78 is 62.0. The molecule has 1 heterocycles. The van der Waals surface area contributed by atoms with Gasteiger partial charge in [-0.05, 0) is 30.7 Å². The van der Waals surface area contributed by atoms with Crippen LogP contribution in [0.5, 0.6) is 0 Å². The van der Waals surface area contributed by atoms with Gasteiger partial charge in [0.15, 0.2) is 0 Å². The second-order valence-electron chi connectivity index (χ2n) is 4.36. The Hall–Kier alpha value is -1.83. The fourth-order valence-electron chi connectivity index (χ4n) is 1.90. The largest absolute Gasteiger partial charge is 0.481 e. The van der Waals surface area contributed by atoms with E-state index in [4.69, 9.17) is 5.11 Å². The summed E-state index contributed by atoms with van der Waals surface area (Å²) in [4.78, 5) is 9.96. The predicted octanol–water partition coefficient (Wildman–Crippen LogP) is 2.55. The molecule has 20 heavy (non-hydrogen) atoms. The van der Waals surface area contributed by atoms with E-state index in [0.717, 1.165) is 18.2 Å². The summed E-state index contributed by atoms with van der Waals surface area (Å²) in [6.07, 6.45) is -3.56. The summed E-state index contributed by atoms with van der Waals surface area (Å²) in [5.74, 6) is -2.68. The van der Waals surface area contributed by atoms with Crippen molar-refractivity contribution in [2.45, 2.75) is 18.0 Å². The number of rotatable bonds is 2. The van der Waals surface area contributed by atoms with Crippen LogP contribution in [0.4, 0.5) is 13.2 Å². The van der Waals surface area contributed by atoms with E-state index < -0.39 is 43.3 Å². The highest BCUT2D eigenvalue weighted by Crippen LogP contribution is 2.40. The number of hydrogen-bond acceptors (Lipinski definition) is 3. The first-order valence-electron chi connectivity index (χ1n) is 5.46. The maximum atomic E-state index is 12.6. The number of hydrogen-bond donors (Lipinski definition) is 1. The highest BCUT2D eigenvalue weighted by atomic mass is 32.2. The van der Waals surface area contributed by atoms with Crippen molar-refractivity contribution >= 4 is 21.9 Å². The third-order valence-electron chi connectivity index (χ3n) is 3.04. The van der Waals surface area contributed by atoms with Gasteiger partial charge in [0.1, 0.15) is 0 Å². The Morgan fingerprint density at radius 3 is 2.40 bits per heavy atom. The van der Waals surface area contributed by atoms with Crippen LogP contribution in [0.25, 0.3) is 6.08 Å². The lowest BCUT2D eigenvalue weighted by Gasteiger charge is -2.10. The molecule has 1 aromatic rings. The zero-order valence-corrected chi connectivity index (χ0v) is 10.9. The fourth-order valence-corrected chi connectivity index (χ4v) is 3.72. The van der Waals surface area contributed by atoms with Crippen LogP contribution >= 0.6 is 0 Å². The number of fused-ring (bicyclic) bond motifs is 1. The third kappa shape index (κ3) is 2.20. The van der Waals surface area contributed by atoms with Gasteiger partial charge < -0.3 is 5.11 Å². The average molecular weight is 306 g/mol. The first-order chi connectivity index (χ1) is 9.05. The van der Waals surface area contributed by atoms with E-state index in [1.54, 1.807) is 0 Å². The Balaban J connectivity index is 2.58. The summed E-state index contributed by atoms with van der Waals surface area (Å²) in [7, 11) is -4.19. The molecule has 2 rings (SSSR count). The highest BCUT2D eigenvalue weighted by molar-refractivity contribution is 7.95. The summed E-state index contributed by atoms with van der Waals surface area (Å²) >= 11 is 0. The van der Waals surface area contributed by atoms with E-state index >= 15 is 0 Å². The molecule has 108 valence electrons. The number of carboxylic acids is 1. The van der Waals surface area contributed by atoms with Crippen molar-refractivity contribution in [3.8, 4) is 0 Å². The maximum Gasteiger partial charge on any atom is 0.416 e. The standard InChI is InChI=1S/C12H9F3O4S/c1-6(11(16)17)9-4-7-2-3-8(12(13,14)15)5-10(7)20(9,18)19/h2-6H,1H3,(H,16,17). The lowest BCUT2D eigenvalue weighted by atomic mass is 10.1. The molecule has 0 bridgehead atoms. The fraction of sp³-hybridized carbons (Fsp3) is 0.250. The Kier molecular flexibility index (Phi) is 3.16. The maximum absolute atomic E-state index is 12.6. The smallest absolute Gasteiger partial charge is 0.416 e. The van der Waals surface area contributed by atoms with Crippen molar-refractivity contribution in [2.24, 2.45) is 5.92 Å². The minimum atomic E-state index is -4.66. The highest BCUT2D eigenvalue weighted by Gasteiger charge is 2.38. The number of aliphatic carboxylic acids is 1. The van der Waals surface area contributed by atoms with Crippen LogP contribution in [0, 0.1) is 5.92 Å². The van der Waals surface area contributed by atoms with E-state index in [1.165, 1.54) is 6.92 Å². The van der Waals surface area contributed by atoms with Crippen molar-refractivity contribution in [2.75, 3.05) is 0 Å². The van der Waals surface area contributed by atoms with Gasteiger partial charge in [-0.1, -0.05) is 6.07 Å². The van der Waals surface area contributed by atoms with Crippen molar-refractivity contribution < 1.29 is 31.5 Å². The van der Waals surface area contributed by atoms with Gasteiger partial charge in [-0.15, -0.1) is 0 Å². The molecule has 1 aromatic carbocycles. The van der Waals surface area contributed by atoms with Gasteiger partial charge in [0.2, 0.25) is 9.84 Å². The molecule has 0 radical (unpaired) electrons. The summed E-state index contributed by atoms with van der Waals surface area (Å²) in [6.45, 7) is 1.17. The SMILES string of the molecule is CC(C(=O)O)C1=Cc2ccc(C(F)(F)F)cc2S1(=O)=O. The van der Waals surface area contributed by atoms with Crippen molar-refractivity contribution in [3.63, 3.8) is 0 Å². The minimum absolute atomic E-state index is 0.0705. The quantitative estimate of drug-likeness (QED) is 0.911. The molecule has 4 nitrogen and oxygen atoms in total. The van der Waals surface area contributed by atoms with E-state index in [9.17, 15) is 26.4 Å². The predicted molar refractivity (Wildman–Crippen MR) is 63.4 cm³/mol. The molecule has 0 aromatic heterocycles. The molecule has 1 atom stereocenters. The summed E-state index contributed by atoms with van der Waals surface area (Å²) in [5, 5.41) is 8.85. The van der Waals surface area contributed by atoms with Gasteiger partial charge >= 0.3 is 12.1 Å². The molecule has 1 aliphatic heterocycles.